The Hall–Kier alpha value is -2.68. The Morgan fingerprint density at radius 2 is 1.95 bits per heavy atom. The van der Waals surface area contributed by atoms with Gasteiger partial charge < -0.3 is 4.74 Å². The zero-order valence-electron chi connectivity index (χ0n) is 11.0. The van der Waals surface area contributed by atoms with Crippen molar-refractivity contribution in [3.05, 3.63) is 77.1 Å². The molecule has 0 saturated heterocycles. The molecule has 0 aliphatic carbocycles. The number of cyclic esters (lactones) is 1. The van der Waals surface area contributed by atoms with Gasteiger partial charge in [-0.3, -0.25) is 4.98 Å². The van der Waals surface area contributed by atoms with Crippen LogP contribution in [0.1, 0.15) is 16.7 Å². The molecule has 0 spiro atoms. The van der Waals surface area contributed by atoms with E-state index in [1.54, 1.807) is 24.5 Å². The van der Waals surface area contributed by atoms with Crippen molar-refractivity contribution in [1.82, 2.24) is 4.98 Å². The van der Waals surface area contributed by atoms with E-state index in [0.717, 1.165) is 11.1 Å². The van der Waals surface area contributed by atoms with Crippen LogP contribution in [0.2, 0.25) is 0 Å². The maximum atomic E-state index is 11.9. The van der Waals surface area contributed by atoms with Crippen LogP contribution < -0.4 is 0 Å². The van der Waals surface area contributed by atoms with Crippen molar-refractivity contribution in [2.75, 3.05) is 0 Å². The molecule has 1 aliphatic heterocycles. The van der Waals surface area contributed by atoms with Gasteiger partial charge in [0.1, 0.15) is 5.76 Å². The molecule has 3 rings (SSSR count). The Bertz CT molecular complexity index is 698. The summed E-state index contributed by atoms with van der Waals surface area (Å²) in [5, 5.41) is 0. The van der Waals surface area contributed by atoms with Crippen molar-refractivity contribution in [2.45, 2.75) is 6.92 Å². The molecular formula is C17H13NO2. The third kappa shape index (κ3) is 2.52. The van der Waals surface area contributed by atoms with Gasteiger partial charge in [0, 0.05) is 18.0 Å². The molecule has 2 aromatic rings. The van der Waals surface area contributed by atoms with Gasteiger partial charge in [0.25, 0.3) is 0 Å². The van der Waals surface area contributed by atoms with Crippen LogP contribution in [0, 0.1) is 6.92 Å². The van der Waals surface area contributed by atoms with Crippen LogP contribution in [-0.2, 0) is 9.53 Å². The molecule has 0 N–H and O–H groups in total. The lowest BCUT2D eigenvalue weighted by Gasteiger charge is -2.01. The van der Waals surface area contributed by atoms with E-state index in [-0.39, 0.29) is 5.97 Å². The van der Waals surface area contributed by atoms with Gasteiger partial charge in [0.05, 0.1) is 5.57 Å². The summed E-state index contributed by atoms with van der Waals surface area (Å²) in [7, 11) is 0. The minimum atomic E-state index is -0.329. The van der Waals surface area contributed by atoms with E-state index >= 15 is 0 Å². The molecule has 0 atom stereocenters. The number of aryl methyl sites for hydroxylation is 1. The maximum Gasteiger partial charge on any atom is 0.343 e. The lowest BCUT2D eigenvalue weighted by atomic mass is 10.1. The SMILES string of the molecule is Cc1ccc(C2=CC(=Cc3cccnc3)C(=O)O2)cc1. The van der Waals surface area contributed by atoms with E-state index in [2.05, 4.69) is 4.98 Å². The number of nitrogens with zero attached hydrogens (tertiary/aromatic N) is 1. The lowest BCUT2D eigenvalue weighted by molar-refractivity contribution is -0.130. The summed E-state index contributed by atoms with van der Waals surface area (Å²) in [5.74, 6) is 0.259. The van der Waals surface area contributed by atoms with Gasteiger partial charge in [-0.2, -0.15) is 0 Å². The zero-order valence-corrected chi connectivity index (χ0v) is 11.0. The average molecular weight is 263 g/mol. The van der Waals surface area contributed by atoms with Gasteiger partial charge in [0.15, 0.2) is 0 Å². The molecule has 1 aromatic carbocycles. The first-order valence-electron chi connectivity index (χ1n) is 6.35. The van der Waals surface area contributed by atoms with Gasteiger partial charge in [-0.1, -0.05) is 35.9 Å². The number of pyridine rings is 1. The Labute approximate surface area is 117 Å². The highest BCUT2D eigenvalue weighted by atomic mass is 16.5. The monoisotopic (exact) mass is 263 g/mol. The largest absolute Gasteiger partial charge is 0.422 e. The second-order valence-electron chi connectivity index (χ2n) is 4.65. The maximum absolute atomic E-state index is 11.9. The van der Waals surface area contributed by atoms with Crippen LogP contribution in [0.5, 0.6) is 0 Å². The van der Waals surface area contributed by atoms with E-state index in [4.69, 9.17) is 4.74 Å². The lowest BCUT2D eigenvalue weighted by Crippen LogP contribution is -1.97. The first-order valence-corrected chi connectivity index (χ1v) is 6.35. The van der Waals surface area contributed by atoms with Crippen LogP contribution in [0.3, 0.4) is 0 Å². The zero-order chi connectivity index (χ0) is 13.9. The first kappa shape index (κ1) is 12.4. The average Bonchev–Trinajstić information content (AvgIpc) is 2.82. The molecule has 0 fully saturated rings. The quantitative estimate of drug-likeness (QED) is 0.616. The number of hydrogen-bond donors (Lipinski definition) is 0. The summed E-state index contributed by atoms with van der Waals surface area (Å²) in [5.41, 5.74) is 3.48. The van der Waals surface area contributed by atoms with Crippen molar-refractivity contribution in [2.24, 2.45) is 0 Å². The molecule has 0 unspecified atom stereocenters. The molecule has 0 amide bonds. The number of benzene rings is 1. The summed E-state index contributed by atoms with van der Waals surface area (Å²) >= 11 is 0. The number of carbonyl (C=O) groups is 1. The van der Waals surface area contributed by atoms with Gasteiger partial charge in [-0.25, -0.2) is 4.79 Å². The normalized spacial score (nSPS) is 16.1. The van der Waals surface area contributed by atoms with E-state index < -0.39 is 0 Å². The van der Waals surface area contributed by atoms with Crippen LogP contribution in [0.15, 0.2) is 60.4 Å². The highest BCUT2D eigenvalue weighted by molar-refractivity contribution is 6.05. The highest BCUT2D eigenvalue weighted by Crippen LogP contribution is 2.27. The highest BCUT2D eigenvalue weighted by Gasteiger charge is 2.21. The number of aromatic nitrogens is 1. The number of carbonyl (C=O) groups excluding carboxylic acids is 1. The summed E-state index contributed by atoms with van der Waals surface area (Å²) in [6, 6.07) is 11.6. The topological polar surface area (TPSA) is 39.2 Å². The molecule has 1 aliphatic rings. The van der Waals surface area contributed by atoms with Gasteiger partial charge in [-0.15, -0.1) is 0 Å². The van der Waals surface area contributed by atoms with Gasteiger partial charge in [-0.05, 0) is 30.7 Å². The fourth-order valence-corrected chi connectivity index (χ4v) is 1.99. The van der Waals surface area contributed by atoms with Crippen LogP contribution in [-0.4, -0.2) is 11.0 Å². The fraction of sp³-hybridized carbons (Fsp3) is 0.0588. The Kier molecular flexibility index (Phi) is 3.17. The Balaban J connectivity index is 1.93. The molecular weight excluding hydrogens is 250 g/mol. The molecule has 0 bridgehead atoms. The predicted molar refractivity (Wildman–Crippen MR) is 77.5 cm³/mol. The van der Waals surface area contributed by atoms with Crippen molar-refractivity contribution in [3.8, 4) is 0 Å². The summed E-state index contributed by atoms with van der Waals surface area (Å²) in [4.78, 5) is 15.9. The molecule has 0 saturated carbocycles. The van der Waals surface area contributed by atoms with Crippen LogP contribution >= 0.6 is 0 Å². The molecule has 3 heteroatoms. The molecule has 2 heterocycles. The minimum Gasteiger partial charge on any atom is -0.422 e. The van der Waals surface area contributed by atoms with Crippen LogP contribution in [0.25, 0.3) is 11.8 Å². The van der Waals surface area contributed by atoms with E-state index in [0.29, 0.717) is 11.3 Å². The standard InChI is InChI=1S/C17H13NO2/c1-12-4-6-14(7-5-12)16-10-15(17(19)20-16)9-13-3-2-8-18-11-13/h2-11H,1H3. The second-order valence-corrected chi connectivity index (χ2v) is 4.65. The van der Waals surface area contributed by atoms with Crippen molar-refractivity contribution >= 4 is 17.8 Å². The summed E-state index contributed by atoms with van der Waals surface area (Å²) < 4.78 is 5.31. The first-order chi connectivity index (χ1) is 9.72. The van der Waals surface area contributed by atoms with E-state index in [9.17, 15) is 4.79 Å². The minimum absolute atomic E-state index is 0.329. The number of rotatable bonds is 2. The van der Waals surface area contributed by atoms with E-state index in [1.807, 2.05) is 43.3 Å². The van der Waals surface area contributed by atoms with Crippen LogP contribution in [0.4, 0.5) is 0 Å². The Morgan fingerprint density at radius 1 is 1.15 bits per heavy atom. The molecule has 1 aromatic heterocycles. The Morgan fingerprint density at radius 3 is 2.65 bits per heavy atom. The van der Waals surface area contributed by atoms with Crippen molar-refractivity contribution in [3.63, 3.8) is 0 Å². The number of esters is 1. The molecule has 20 heavy (non-hydrogen) atoms. The van der Waals surface area contributed by atoms with E-state index in [1.165, 1.54) is 5.56 Å². The summed E-state index contributed by atoms with van der Waals surface area (Å²) in [6.45, 7) is 2.02. The van der Waals surface area contributed by atoms with Crippen molar-refractivity contribution in [1.29, 1.82) is 0 Å². The third-order valence-corrected chi connectivity index (χ3v) is 3.07. The van der Waals surface area contributed by atoms with Gasteiger partial charge in [0.2, 0.25) is 0 Å². The summed E-state index contributed by atoms with van der Waals surface area (Å²) in [6.07, 6.45) is 6.94. The third-order valence-electron chi connectivity index (χ3n) is 3.07. The molecule has 0 radical (unpaired) electrons. The fourth-order valence-electron chi connectivity index (χ4n) is 1.99. The smallest absolute Gasteiger partial charge is 0.343 e. The van der Waals surface area contributed by atoms with Crippen molar-refractivity contribution < 1.29 is 9.53 Å². The molecule has 98 valence electrons. The number of hydrogen-bond acceptors (Lipinski definition) is 3. The molecule has 3 nitrogen and oxygen atoms in total. The number of ether oxygens (including phenoxy) is 1. The second kappa shape index (κ2) is 5.13. The van der Waals surface area contributed by atoms with Gasteiger partial charge >= 0.3 is 5.97 Å². The predicted octanol–water partition coefficient (Wildman–Crippen LogP) is 3.37.